The van der Waals surface area contributed by atoms with Crippen molar-refractivity contribution in [1.82, 2.24) is 20.6 Å². The summed E-state index contributed by atoms with van der Waals surface area (Å²) in [5, 5.41) is 5.07. The first kappa shape index (κ1) is 29.8. The molecule has 0 aliphatic heterocycles. The Balaban J connectivity index is 1.46. The fourth-order valence-electron chi connectivity index (χ4n) is 5.79. The molecule has 1 saturated carbocycles. The number of furan rings is 1. The summed E-state index contributed by atoms with van der Waals surface area (Å²) >= 11 is 0. The average molecular weight is 619 g/mol. The molecule has 0 saturated heterocycles. The summed E-state index contributed by atoms with van der Waals surface area (Å²) in [4.78, 5) is 34.9. The van der Waals surface area contributed by atoms with E-state index in [2.05, 4.69) is 20.6 Å². The molecule has 2 heterocycles. The largest absolute Gasteiger partial charge is 0.496 e. The molecular formula is C33H26F4N4O4. The standard InChI is InChI=1S/C33H26F4N4O4/c1-17-13-24(44-3)22(29(42)41-32(15-33(36,37)16-32)31-39-11-4-12-40-31)14-21(17)20-9-10-23-25(27(20)35)26(30(43)38-2)28(45-23)18-5-7-19(34)8-6-18/h4-14H,15-16H2,1-3H3,(H,38,43)(H,41,42). The number of ether oxygens (including phenoxy) is 1. The van der Waals surface area contributed by atoms with E-state index in [0.717, 1.165) is 0 Å². The minimum absolute atomic E-state index is 0.0335. The van der Waals surface area contributed by atoms with Crippen LogP contribution in [0.25, 0.3) is 33.4 Å². The summed E-state index contributed by atoms with van der Waals surface area (Å²) in [5.74, 6) is -5.44. The van der Waals surface area contributed by atoms with E-state index in [4.69, 9.17) is 9.15 Å². The molecule has 6 rings (SSSR count). The Morgan fingerprint density at radius 2 is 1.64 bits per heavy atom. The molecule has 230 valence electrons. The summed E-state index contributed by atoms with van der Waals surface area (Å²) in [6.07, 6.45) is 1.42. The maximum absolute atomic E-state index is 16.5. The van der Waals surface area contributed by atoms with Gasteiger partial charge in [-0.3, -0.25) is 9.59 Å². The van der Waals surface area contributed by atoms with Crippen LogP contribution in [0.5, 0.6) is 5.75 Å². The molecule has 0 atom stereocenters. The summed E-state index contributed by atoms with van der Waals surface area (Å²) in [6.45, 7) is 1.69. The van der Waals surface area contributed by atoms with Crippen LogP contribution in [-0.2, 0) is 5.54 Å². The average Bonchev–Trinajstić information content (AvgIpc) is 3.41. The van der Waals surface area contributed by atoms with E-state index in [1.807, 2.05) is 0 Å². The third kappa shape index (κ3) is 5.15. The Hall–Kier alpha value is -5.26. The van der Waals surface area contributed by atoms with Crippen LogP contribution in [0.3, 0.4) is 0 Å². The lowest BCUT2D eigenvalue weighted by Crippen LogP contribution is -2.60. The number of halogens is 4. The minimum atomic E-state index is -3.02. The van der Waals surface area contributed by atoms with Gasteiger partial charge >= 0.3 is 0 Å². The number of methoxy groups -OCH3 is 1. The van der Waals surface area contributed by atoms with Crippen LogP contribution >= 0.6 is 0 Å². The van der Waals surface area contributed by atoms with E-state index in [0.29, 0.717) is 11.1 Å². The van der Waals surface area contributed by atoms with Crippen LogP contribution in [-0.4, -0.2) is 41.9 Å². The Labute approximate surface area is 254 Å². The maximum Gasteiger partial charge on any atom is 0.255 e. The van der Waals surface area contributed by atoms with Gasteiger partial charge in [-0.1, -0.05) is 0 Å². The lowest BCUT2D eigenvalue weighted by atomic mass is 9.72. The van der Waals surface area contributed by atoms with Crippen LogP contribution in [0.4, 0.5) is 17.6 Å². The van der Waals surface area contributed by atoms with Gasteiger partial charge in [0, 0.05) is 43.4 Å². The van der Waals surface area contributed by atoms with Crippen LogP contribution in [0.1, 0.15) is 44.9 Å². The zero-order valence-electron chi connectivity index (χ0n) is 24.3. The van der Waals surface area contributed by atoms with Gasteiger partial charge in [0.2, 0.25) is 0 Å². The van der Waals surface area contributed by atoms with Gasteiger partial charge in [-0.15, -0.1) is 0 Å². The molecule has 1 aliphatic rings. The lowest BCUT2D eigenvalue weighted by Gasteiger charge is -2.46. The summed E-state index contributed by atoms with van der Waals surface area (Å²) in [5.41, 5.74) is -0.327. The predicted octanol–water partition coefficient (Wildman–Crippen LogP) is 6.57. The van der Waals surface area contributed by atoms with Crippen molar-refractivity contribution < 1.29 is 36.3 Å². The number of hydrogen-bond donors (Lipinski definition) is 2. The first-order valence-corrected chi connectivity index (χ1v) is 13.9. The number of carbonyl (C=O) groups is 2. The van der Waals surface area contributed by atoms with Crippen molar-refractivity contribution in [2.75, 3.05) is 14.2 Å². The van der Waals surface area contributed by atoms with E-state index < -0.39 is 47.8 Å². The van der Waals surface area contributed by atoms with E-state index >= 15 is 4.39 Å². The van der Waals surface area contributed by atoms with Crippen molar-refractivity contribution in [3.8, 4) is 28.2 Å². The molecule has 2 N–H and O–H groups in total. The van der Waals surface area contributed by atoms with Gasteiger partial charge in [-0.05, 0) is 72.6 Å². The van der Waals surface area contributed by atoms with Gasteiger partial charge in [0.05, 0.1) is 23.6 Å². The highest BCUT2D eigenvalue weighted by atomic mass is 19.3. The number of rotatable bonds is 7. The molecule has 45 heavy (non-hydrogen) atoms. The molecule has 2 aromatic heterocycles. The fourth-order valence-corrected chi connectivity index (χ4v) is 5.79. The number of hydrogen-bond acceptors (Lipinski definition) is 6. The van der Waals surface area contributed by atoms with Crippen LogP contribution in [0.2, 0.25) is 0 Å². The van der Waals surface area contributed by atoms with Crippen molar-refractivity contribution in [3.05, 3.63) is 101 Å². The van der Waals surface area contributed by atoms with Gasteiger partial charge in [-0.2, -0.15) is 0 Å². The normalized spacial score (nSPS) is 14.9. The number of fused-ring (bicyclic) bond motifs is 1. The molecule has 1 aliphatic carbocycles. The molecule has 1 fully saturated rings. The van der Waals surface area contributed by atoms with E-state index in [-0.39, 0.29) is 50.6 Å². The summed E-state index contributed by atoms with van der Waals surface area (Å²) < 4.78 is 69.8. The lowest BCUT2D eigenvalue weighted by molar-refractivity contribution is -0.136. The van der Waals surface area contributed by atoms with Gasteiger partial charge in [0.1, 0.15) is 34.3 Å². The van der Waals surface area contributed by atoms with Crippen LogP contribution in [0, 0.1) is 18.6 Å². The van der Waals surface area contributed by atoms with E-state index in [9.17, 15) is 22.8 Å². The van der Waals surface area contributed by atoms with Gasteiger partial charge < -0.3 is 19.8 Å². The molecule has 12 heteroatoms. The van der Waals surface area contributed by atoms with Gasteiger partial charge in [0.25, 0.3) is 17.7 Å². The molecular weight excluding hydrogens is 592 g/mol. The molecule has 3 aromatic carbocycles. The quantitative estimate of drug-likeness (QED) is 0.200. The third-order valence-corrected chi connectivity index (χ3v) is 7.90. The van der Waals surface area contributed by atoms with Crippen molar-refractivity contribution >= 4 is 22.8 Å². The molecule has 0 unspecified atom stereocenters. The molecule has 0 radical (unpaired) electrons. The SMILES string of the molecule is CNC(=O)c1c(-c2ccc(F)cc2)oc2ccc(-c3cc(C(=O)NC4(c5ncccn5)CC(F)(F)C4)c(OC)cc3C)c(F)c12. The number of aryl methyl sites for hydroxylation is 1. The van der Waals surface area contributed by atoms with Crippen molar-refractivity contribution in [1.29, 1.82) is 0 Å². The highest BCUT2D eigenvalue weighted by Gasteiger charge is 2.60. The van der Waals surface area contributed by atoms with Crippen molar-refractivity contribution in [2.45, 2.75) is 31.2 Å². The molecule has 2 amide bonds. The predicted molar refractivity (Wildman–Crippen MR) is 157 cm³/mol. The van der Waals surface area contributed by atoms with Crippen molar-refractivity contribution in [3.63, 3.8) is 0 Å². The van der Waals surface area contributed by atoms with Crippen molar-refractivity contribution in [2.24, 2.45) is 0 Å². The summed E-state index contributed by atoms with van der Waals surface area (Å²) in [7, 11) is 2.74. The Morgan fingerprint density at radius 3 is 2.27 bits per heavy atom. The zero-order valence-corrected chi connectivity index (χ0v) is 24.3. The fraction of sp³-hybridized carbons (Fsp3) is 0.212. The van der Waals surface area contributed by atoms with Crippen LogP contribution in [0.15, 0.2) is 71.4 Å². The minimum Gasteiger partial charge on any atom is -0.496 e. The monoisotopic (exact) mass is 618 g/mol. The molecule has 5 aromatic rings. The smallest absolute Gasteiger partial charge is 0.255 e. The highest BCUT2D eigenvalue weighted by molar-refractivity contribution is 6.12. The maximum atomic E-state index is 16.5. The second-order valence-electron chi connectivity index (χ2n) is 10.9. The summed E-state index contributed by atoms with van der Waals surface area (Å²) in [6, 6.07) is 12.7. The van der Waals surface area contributed by atoms with E-state index in [1.165, 1.54) is 81.1 Å². The topological polar surface area (TPSA) is 106 Å². The number of amides is 2. The Kier molecular flexibility index (Phi) is 7.30. The first-order chi connectivity index (χ1) is 21.5. The van der Waals surface area contributed by atoms with E-state index in [1.54, 1.807) is 6.92 Å². The number of nitrogens with one attached hydrogen (secondary N) is 2. The molecule has 8 nitrogen and oxygen atoms in total. The molecule has 0 bridgehead atoms. The molecule has 0 spiro atoms. The van der Waals surface area contributed by atoms with Gasteiger partial charge in [0.15, 0.2) is 5.82 Å². The number of alkyl halides is 2. The van der Waals surface area contributed by atoms with Crippen LogP contribution < -0.4 is 15.4 Å². The second kappa shape index (κ2) is 11.0. The number of nitrogens with zero attached hydrogens (tertiary/aromatic N) is 2. The third-order valence-electron chi connectivity index (χ3n) is 7.90. The highest BCUT2D eigenvalue weighted by Crippen LogP contribution is 2.51. The number of aromatic nitrogens is 2. The zero-order chi connectivity index (χ0) is 32.1. The van der Waals surface area contributed by atoms with Gasteiger partial charge in [-0.25, -0.2) is 27.5 Å². The second-order valence-corrected chi connectivity index (χ2v) is 10.9. The first-order valence-electron chi connectivity index (χ1n) is 13.9. The number of carbonyl (C=O) groups excluding carboxylic acids is 2. The number of benzene rings is 3. The Bertz CT molecular complexity index is 1950. The Morgan fingerprint density at radius 1 is 0.956 bits per heavy atom.